The van der Waals surface area contributed by atoms with E-state index >= 15 is 0 Å². The van der Waals surface area contributed by atoms with Crippen molar-refractivity contribution in [2.75, 3.05) is 13.1 Å². The second kappa shape index (κ2) is 12.0. The number of sulfonamides is 1. The molecule has 1 fully saturated rings. The molecule has 3 aromatic carbocycles. The Morgan fingerprint density at radius 3 is 2.08 bits per heavy atom. The van der Waals surface area contributed by atoms with Crippen LogP contribution in [0.4, 0.5) is 17.6 Å². The Labute approximate surface area is 226 Å². The molecule has 4 rings (SSSR count). The number of halogens is 4. The highest BCUT2D eigenvalue weighted by atomic mass is 32.2. The number of aliphatic carboxylic acids is 2. The Morgan fingerprint density at radius 1 is 0.975 bits per heavy atom. The molecule has 1 unspecified atom stereocenters. The van der Waals surface area contributed by atoms with Crippen LogP contribution in [-0.4, -0.2) is 60.2 Å². The Hall–Kier alpha value is -4.01. The number of ether oxygens (including phenoxy) is 1. The molecule has 1 aliphatic heterocycles. The van der Waals surface area contributed by atoms with E-state index in [1.807, 2.05) is 30.3 Å². The molecule has 0 amide bonds. The molecule has 9 nitrogen and oxygen atoms in total. The molecular formula is C26H24F4N2O7S. The normalized spacial score (nSPS) is 15.6. The lowest BCUT2D eigenvalue weighted by Gasteiger charge is -2.48. The van der Waals surface area contributed by atoms with Gasteiger partial charge in [-0.15, -0.1) is 0 Å². The molecule has 1 aliphatic rings. The van der Waals surface area contributed by atoms with Gasteiger partial charge in [-0.1, -0.05) is 42.5 Å². The minimum atomic E-state index is -5.08. The fourth-order valence-corrected chi connectivity index (χ4v) is 5.40. The Kier molecular flexibility index (Phi) is 9.18. The number of rotatable bonds is 8. The molecular weight excluding hydrogens is 560 g/mol. The van der Waals surface area contributed by atoms with Crippen LogP contribution in [0.25, 0.3) is 0 Å². The van der Waals surface area contributed by atoms with Crippen molar-refractivity contribution >= 4 is 22.0 Å². The molecule has 1 atom stereocenters. The predicted molar refractivity (Wildman–Crippen MR) is 133 cm³/mol. The minimum Gasteiger partial charge on any atom is -0.480 e. The van der Waals surface area contributed by atoms with Crippen LogP contribution >= 0.6 is 0 Å². The molecule has 0 aliphatic carbocycles. The second-order valence-corrected chi connectivity index (χ2v) is 10.7. The molecule has 3 aromatic rings. The van der Waals surface area contributed by atoms with Crippen LogP contribution in [0, 0.1) is 5.82 Å². The van der Waals surface area contributed by atoms with E-state index in [1.165, 1.54) is 40.7 Å². The van der Waals surface area contributed by atoms with Gasteiger partial charge in [-0.25, -0.2) is 17.6 Å². The molecule has 14 heteroatoms. The van der Waals surface area contributed by atoms with Gasteiger partial charge in [0.2, 0.25) is 10.0 Å². The fourth-order valence-electron chi connectivity index (χ4n) is 3.79. The number of alkyl halides is 3. The van der Waals surface area contributed by atoms with Crippen LogP contribution in [0.1, 0.15) is 11.1 Å². The summed E-state index contributed by atoms with van der Waals surface area (Å²) in [5, 5.41) is 16.1. The van der Waals surface area contributed by atoms with Gasteiger partial charge < -0.3 is 20.7 Å². The van der Waals surface area contributed by atoms with Crippen molar-refractivity contribution in [2.24, 2.45) is 5.73 Å². The number of carboxylic acids is 2. The summed E-state index contributed by atoms with van der Waals surface area (Å²) in [6, 6.07) is 19.9. The lowest BCUT2D eigenvalue weighted by atomic mass is 9.87. The number of carbonyl (C=O) groups is 2. The van der Waals surface area contributed by atoms with Gasteiger partial charge in [0.25, 0.3) is 0 Å². The summed E-state index contributed by atoms with van der Waals surface area (Å²) in [7, 11) is -3.85. The highest BCUT2D eigenvalue weighted by Gasteiger charge is 2.52. The second-order valence-electron chi connectivity index (χ2n) is 8.79. The lowest BCUT2D eigenvalue weighted by Crippen LogP contribution is -2.64. The van der Waals surface area contributed by atoms with Crippen LogP contribution in [0.15, 0.2) is 83.8 Å². The maximum atomic E-state index is 13.3. The van der Waals surface area contributed by atoms with Crippen LogP contribution in [-0.2, 0) is 31.6 Å². The van der Waals surface area contributed by atoms with Gasteiger partial charge in [-0.3, -0.25) is 4.79 Å². The minimum absolute atomic E-state index is 0.0142. The SMILES string of the molecule is NC(Cc1cccc(S(=O)(=O)N2CC(Oc3ccc(F)cc3)(c3ccccc3)C2)c1)C(=O)O.O=C(O)C(F)(F)F. The number of hydrogen-bond acceptors (Lipinski definition) is 6. The number of hydrogen-bond donors (Lipinski definition) is 3. The summed E-state index contributed by atoms with van der Waals surface area (Å²) < 4.78 is 79.1. The van der Waals surface area contributed by atoms with Crippen molar-refractivity contribution in [1.29, 1.82) is 0 Å². The van der Waals surface area contributed by atoms with E-state index in [-0.39, 0.29) is 24.4 Å². The van der Waals surface area contributed by atoms with Crippen LogP contribution < -0.4 is 10.5 Å². The summed E-state index contributed by atoms with van der Waals surface area (Å²) >= 11 is 0. The molecule has 214 valence electrons. The molecule has 4 N–H and O–H groups in total. The number of nitrogens with zero attached hydrogens (tertiary/aromatic N) is 1. The maximum absolute atomic E-state index is 13.3. The first kappa shape index (κ1) is 30.5. The van der Waals surface area contributed by atoms with Crippen molar-refractivity contribution in [2.45, 2.75) is 29.1 Å². The van der Waals surface area contributed by atoms with Crippen molar-refractivity contribution in [3.8, 4) is 5.75 Å². The van der Waals surface area contributed by atoms with Crippen molar-refractivity contribution in [3.63, 3.8) is 0 Å². The topological polar surface area (TPSA) is 147 Å². The number of benzene rings is 3. The van der Waals surface area contributed by atoms with E-state index in [9.17, 15) is 30.8 Å². The smallest absolute Gasteiger partial charge is 0.480 e. The molecule has 0 spiro atoms. The van der Waals surface area contributed by atoms with Crippen molar-refractivity contribution in [3.05, 3.63) is 95.8 Å². The van der Waals surface area contributed by atoms with E-state index < -0.39 is 45.6 Å². The summed E-state index contributed by atoms with van der Waals surface area (Å²) in [6.45, 7) is 0.130. The van der Waals surface area contributed by atoms with E-state index in [1.54, 1.807) is 12.1 Å². The standard InChI is InChI=1S/C24H23FN2O5S.C2HF3O2/c25-19-9-11-20(12-10-19)32-24(18-6-2-1-3-7-18)15-27(16-24)33(30,31)21-8-4-5-17(13-21)14-22(26)23(28)29;3-2(4,5)1(6)7/h1-13,22H,14-16,26H2,(H,28,29);(H,6,7). The third-order valence-corrected chi connectivity index (χ3v) is 7.63. The highest BCUT2D eigenvalue weighted by Crippen LogP contribution is 2.40. The average Bonchev–Trinajstić information content (AvgIpc) is 2.87. The van der Waals surface area contributed by atoms with Gasteiger partial charge in [0.05, 0.1) is 18.0 Å². The maximum Gasteiger partial charge on any atom is 0.490 e. The first-order chi connectivity index (χ1) is 18.6. The van der Waals surface area contributed by atoms with Gasteiger partial charge in [0.1, 0.15) is 17.6 Å². The van der Waals surface area contributed by atoms with Crippen LogP contribution in [0.5, 0.6) is 5.75 Å². The molecule has 40 heavy (non-hydrogen) atoms. The lowest BCUT2D eigenvalue weighted by molar-refractivity contribution is -0.192. The molecule has 1 saturated heterocycles. The first-order valence-corrected chi connectivity index (χ1v) is 13.0. The van der Waals surface area contributed by atoms with E-state index in [2.05, 4.69) is 0 Å². The summed E-state index contributed by atoms with van der Waals surface area (Å²) in [4.78, 5) is 20.0. The van der Waals surface area contributed by atoms with Gasteiger partial charge in [0, 0.05) is 0 Å². The largest absolute Gasteiger partial charge is 0.490 e. The van der Waals surface area contributed by atoms with Gasteiger partial charge in [-0.2, -0.15) is 17.5 Å². The Balaban J connectivity index is 0.000000559. The van der Waals surface area contributed by atoms with Gasteiger partial charge in [0.15, 0.2) is 5.60 Å². The van der Waals surface area contributed by atoms with E-state index in [4.69, 9.17) is 25.5 Å². The average molecular weight is 585 g/mol. The molecule has 0 saturated carbocycles. The van der Waals surface area contributed by atoms with E-state index in [0.717, 1.165) is 5.56 Å². The monoisotopic (exact) mass is 584 g/mol. The number of nitrogens with two attached hydrogens (primary N) is 1. The van der Waals surface area contributed by atoms with Crippen LogP contribution in [0.2, 0.25) is 0 Å². The summed E-state index contributed by atoms with van der Waals surface area (Å²) in [5.74, 6) is -3.87. The number of carboxylic acid groups (broad SMARTS) is 2. The zero-order valence-corrected chi connectivity index (χ0v) is 21.4. The fraction of sp³-hybridized carbons (Fsp3) is 0.231. The van der Waals surface area contributed by atoms with Gasteiger partial charge >= 0.3 is 18.1 Å². The van der Waals surface area contributed by atoms with Crippen molar-refractivity contribution in [1.82, 2.24) is 4.31 Å². The van der Waals surface area contributed by atoms with E-state index in [0.29, 0.717) is 11.3 Å². The van der Waals surface area contributed by atoms with Gasteiger partial charge in [-0.05, 0) is 53.9 Å². The zero-order valence-electron chi connectivity index (χ0n) is 20.6. The molecule has 0 aromatic heterocycles. The molecule has 0 radical (unpaired) electrons. The zero-order chi connectivity index (χ0) is 29.7. The molecule has 1 heterocycles. The quantitative estimate of drug-likeness (QED) is 0.342. The first-order valence-electron chi connectivity index (χ1n) is 11.5. The van der Waals surface area contributed by atoms with Crippen LogP contribution in [0.3, 0.4) is 0 Å². The third kappa shape index (κ3) is 7.34. The predicted octanol–water partition coefficient (Wildman–Crippen LogP) is 3.39. The molecule has 0 bridgehead atoms. The Morgan fingerprint density at radius 2 is 1.55 bits per heavy atom. The highest BCUT2D eigenvalue weighted by molar-refractivity contribution is 7.89. The van der Waals surface area contributed by atoms with Crippen molar-refractivity contribution < 1.29 is 50.5 Å². The summed E-state index contributed by atoms with van der Waals surface area (Å²) in [5.41, 5.74) is 5.99. The third-order valence-electron chi connectivity index (χ3n) is 5.84. The summed E-state index contributed by atoms with van der Waals surface area (Å²) in [6.07, 6.45) is -5.07. The Bertz CT molecular complexity index is 1440.